The molecule has 0 N–H and O–H groups in total. The van der Waals surface area contributed by atoms with E-state index in [0.717, 1.165) is 11.6 Å². The molecule has 0 spiro atoms. The third-order valence-electron chi connectivity index (χ3n) is 4.62. The summed E-state index contributed by atoms with van der Waals surface area (Å²) in [5.74, 6) is 5.26. The topological polar surface area (TPSA) is 62.6 Å². The van der Waals surface area contributed by atoms with Crippen LogP contribution in [-0.2, 0) is 9.47 Å². The normalized spacial score (nSPS) is 17.8. The summed E-state index contributed by atoms with van der Waals surface area (Å²) in [5, 5.41) is 8.89. The number of nitriles is 1. The largest absolute Gasteiger partial charge is 0.447 e. The first-order valence-electron chi connectivity index (χ1n) is 8.67. The third kappa shape index (κ3) is 5.09. The minimum absolute atomic E-state index is 0.162. The molecule has 5 nitrogen and oxygen atoms in total. The Morgan fingerprint density at radius 3 is 2.78 bits per heavy atom. The zero-order chi connectivity index (χ0) is 20.0. The van der Waals surface area contributed by atoms with Gasteiger partial charge >= 0.3 is 6.09 Å². The van der Waals surface area contributed by atoms with Gasteiger partial charge in [-0.1, -0.05) is 11.8 Å². The second-order valence-electron chi connectivity index (χ2n) is 6.86. The molecule has 27 heavy (non-hydrogen) atoms. The Hall–Kier alpha value is -2.83. The summed E-state index contributed by atoms with van der Waals surface area (Å²) in [7, 11) is 1.57. The second-order valence-corrected chi connectivity index (χ2v) is 6.86. The minimum Gasteiger partial charge on any atom is -0.447 e. The molecule has 1 aliphatic rings. The molecule has 0 aromatic heterocycles. The number of ether oxygens (including phenoxy) is 2. The van der Waals surface area contributed by atoms with Crippen LogP contribution in [0.2, 0.25) is 0 Å². The van der Waals surface area contributed by atoms with Gasteiger partial charge in [0.25, 0.3) is 0 Å². The van der Waals surface area contributed by atoms with E-state index in [9.17, 15) is 9.18 Å². The lowest BCUT2D eigenvalue weighted by Crippen LogP contribution is -2.44. The zero-order valence-electron chi connectivity index (χ0n) is 16.0. The summed E-state index contributed by atoms with van der Waals surface area (Å²) in [5.41, 5.74) is 1.13. The van der Waals surface area contributed by atoms with Crippen LogP contribution < -0.4 is 0 Å². The second kappa shape index (κ2) is 8.70. The van der Waals surface area contributed by atoms with Crippen LogP contribution in [0.15, 0.2) is 29.8 Å². The number of rotatable bonds is 3. The molecule has 1 aromatic carbocycles. The van der Waals surface area contributed by atoms with Gasteiger partial charge in [0.05, 0.1) is 23.3 Å². The first-order valence-corrected chi connectivity index (χ1v) is 8.67. The molecular formula is C21H23FN2O3. The number of benzene rings is 1. The lowest BCUT2D eigenvalue weighted by atomic mass is 9.95. The van der Waals surface area contributed by atoms with E-state index in [1.54, 1.807) is 18.1 Å². The molecule has 1 amide bonds. The predicted octanol–water partition coefficient (Wildman–Crippen LogP) is 3.63. The maximum atomic E-state index is 13.5. The fraction of sp³-hybridized carbons (Fsp3) is 0.429. The zero-order valence-corrected chi connectivity index (χ0v) is 16.0. The van der Waals surface area contributed by atoms with Crippen molar-refractivity contribution in [3.8, 4) is 17.9 Å². The summed E-state index contributed by atoms with van der Waals surface area (Å²) < 4.78 is 23.8. The predicted molar refractivity (Wildman–Crippen MR) is 99.3 cm³/mol. The highest BCUT2D eigenvalue weighted by Gasteiger charge is 2.40. The van der Waals surface area contributed by atoms with Crippen LogP contribution in [-0.4, -0.2) is 42.9 Å². The van der Waals surface area contributed by atoms with Crippen molar-refractivity contribution in [1.82, 2.24) is 4.90 Å². The average molecular weight is 370 g/mol. The van der Waals surface area contributed by atoms with E-state index in [-0.39, 0.29) is 24.4 Å². The van der Waals surface area contributed by atoms with Crippen molar-refractivity contribution in [3.63, 3.8) is 0 Å². The molecule has 6 heteroatoms. The standard InChI is InChI=1S/C21H23FN2O3/c1-15(26-4)14-27-20(25)24-9-8-18(21(24,2)3)7-5-6-16-10-17(13-23)12-19(22)11-16/h7,10-12,15H,8-9,14H2,1-4H3/b18-7+. The lowest BCUT2D eigenvalue weighted by Gasteiger charge is -2.31. The van der Waals surface area contributed by atoms with Gasteiger partial charge in [-0.15, -0.1) is 0 Å². The molecule has 142 valence electrons. The molecule has 0 saturated carbocycles. The molecule has 1 aromatic rings. The molecule has 1 unspecified atom stereocenters. The van der Waals surface area contributed by atoms with E-state index in [2.05, 4.69) is 11.8 Å². The Balaban J connectivity index is 2.11. The van der Waals surface area contributed by atoms with Crippen LogP contribution in [0.4, 0.5) is 9.18 Å². The molecule has 2 rings (SSSR count). The van der Waals surface area contributed by atoms with Gasteiger partial charge in [-0.25, -0.2) is 9.18 Å². The van der Waals surface area contributed by atoms with E-state index >= 15 is 0 Å². The number of nitrogens with zero attached hydrogens (tertiary/aromatic N) is 2. The van der Waals surface area contributed by atoms with Crippen molar-refractivity contribution >= 4 is 6.09 Å². The molecule has 0 aliphatic carbocycles. The molecule has 0 radical (unpaired) electrons. The molecule has 1 heterocycles. The maximum Gasteiger partial charge on any atom is 0.410 e. The average Bonchev–Trinajstić information content (AvgIpc) is 2.93. The third-order valence-corrected chi connectivity index (χ3v) is 4.62. The molecule has 1 fully saturated rings. The van der Waals surface area contributed by atoms with Crippen molar-refractivity contribution in [1.29, 1.82) is 5.26 Å². The Kier molecular flexibility index (Phi) is 6.60. The summed E-state index contributed by atoms with van der Waals surface area (Å²) in [6.07, 6.45) is 1.89. The van der Waals surface area contributed by atoms with Crippen LogP contribution in [0.1, 0.15) is 38.3 Å². The fourth-order valence-electron chi connectivity index (χ4n) is 2.83. The van der Waals surface area contributed by atoms with E-state index in [1.165, 1.54) is 12.1 Å². The van der Waals surface area contributed by atoms with E-state index in [4.69, 9.17) is 14.7 Å². The molecular weight excluding hydrogens is 347 g/mol. The van der Waals surface area contributed by atoms with Crippen LogP contribution in [0.3, 0.4) is 0 Å². The highest BCUT2D eigenvalue weighted by molar-refractivity contribution is 5.70. The summed E-state index contributed by atoms with van der Waals surface area (Å²) in [6.45, 7) is 6.43. The van der Waals surface area contributed by atoms with E-state index < -0.39 is 11.4 Å². The van der Waals surface area contributed by atoms with Crippen molar-refractivity contribution in [2.45, 2.75) is 38.8 Å². The number of likely N-dealkylation sites (tertiary alicyclic amines) is 1. The molecule has 1 aliphatic heterocycles. The van der Waals surface area contributed by atoms with Gasteiger partial charge in [0.2, 0.25) is 0 Å². The Morgan fingerprint density at radius 1 is 1.41 bits per heavy atom. The van der Waals surface area contributed by atoms with Crippen LogP contribution >= 0.6 is 0 Å². The quantitative estimate of drug-likeness (QED) is 0.762. The smallest absolute Gasteiger partial charge is 0.410 e. The number of methoxy groups -OCH3 is 1. The number of carbonyl (C=O) groups excluding carboxylic acids is 1. The monoisotopic (exact) mass is 370 g/mol. The fourth-order valence-corrected chi connectivity index (χ4v) is 2.83. The van der Waals surface area contributed by atoms with Gasteiger partial charge in [-0.3, -0.25) is 4.90 Å². The highest BCUT2D eigenvalue weighted by atomic mass is 19.1. The Morgan fingerprint density at radius 2 is 2.11 bits per heavy atom. The molecule has 1 atom stereocenters. The summed E-state index contributed by atoms with van der Waals surface area (Å²) in [4.78, 5) is 14.0. The van der Waals surface area contributed by atoms with Crippen LogP contribution in [0, 0.1) is 29.0 Å². The first kappa shape index (κ1) is 20.5. The van der Waals surface area contributed by atoms with Crippen molar-refractivity contribution in [2.24, 2.45) is 0 Å². The van der Waals surface area contributed by atoms with Gasteiger partial charge in [0.1, 0.15) is 12.4 Å². The molecule has 0 bridgehead atoms. The van der Waals surface area contributed by atoms with Crippen molar-refractivity contribution in [3.05, 3.63) is 46.8 Å². The van der Waals surface area contributed by atoms with Gasteiger partial charge in [0.15, 0.2) is 0 Å². The van der Waals surface area contributed by atoms with E-state index in [0.29, 0.717) is 18.5 Å². The van der Waals surface area contributed by atoms with E-state index in [1.807, 2.05) is 26.8 Å². The number of carbonyl (C=O) groups is 1. The van der Waals surface area contributed by atoms with Gasteiger partial charge in [-0.05, 0) is 57.0 Å². The van der Waals surface area contributed by atoms with Crippen molar-refractivity contribution < 1.29 is 18.7 Å². The maximum absolute atomic E-state index is 13.5. The number of hydrogen-bond donors (Lipinski definition) is 0. The SMILES string of the molecule is COC(C)COC(=O)N1CC/C(=C\C#Cc2cc(F)cc(C#N)c2)C1(C)C. The van der Waals surface area contributed by atoms with Crippen LogP contribution in [0.25, 0.3) is 0 Å². The van der Waals surface area contributed by atoms with Gasteiger partial charge in [-0.2, -0.15) is 5.26 Å². The van der Waals surface area contributed by atoms with Gasteiger partial charge < -0.3 is 9.47 Å². The number of hydrogen-bond acceptors (Lipinski definition) is 4. The number of amides is 1. The van der Waals surface area contributed by atoms with Crippen molar-refractivity contribution in [2.75, 3.05) is 20.3 Å². The van der Waals surface area contributed by atoms with Gasteiger partial charge in [0, 0.05) is 19.2 Å². The Bertz CT molecular complexity index is 843. The summed E-state index contributed by atoms with van der Waals surface area (Å²) in [6, 6.07) is 5.89. The highest BCUT2D eigenvalue weighted by Crippen LogP contribution is 2.34. The lowest BCUT2D eigenvalue weighted by molar-refractivity contribution is 0.0255. The summed E-state index contributed by atoms with van der Waals surface area (Å²) >= 11 is 0. The minimum atomic E-state index is -0.526. The number of allylic oxidation sites excluding steroid dienone is 1. The molecule has 1 saturated heterocycles. The first-order chi connectivity index (χ1) is 12.8. The van der Waals surface area contributed by atoms with Crippen LogP contribution in [0.5, 0.6) is 0 Å². The number of halogens is 1. The Labute approximate surface area is 159 Å².